The Balaban J connectivity index is 2.05. The third kappa shape index (κ3) is 3.59. The number of carboxylic acids is 1. The Kier molecular flexibility index (Phi) is 4.12. The highest BCUT2D eigenvalue weighted by atomic mass is 16.4. The highest BCUT2D eigenvalue weighted by Crippen LogP contribution is 2.31. The van der Waals surface area contributed by atoms with Crippen LogP contribution >= 0.6 is 0 Å². The monoisotopic (exact) mass is 275 g/mol. The lowest BCUT2D eigenvalue weighted by Gasteiger charge is -2.26. The first kappa shape index (κ1) is 14.6. The van der Waals surface area contributed by atoms with Crippen LogP contribution in [0, 0.1) is 5.41 Å². The number of carboxylic acid groups (broad SMARTS) is 1. The molecule has 0 aromatic heterocycles. The van der Waals surface area contributed by atoms with Gasteiger partial charge < -0.3 is 10.0 Å². The minimum Gasteiger partial charge on any atom is -0.481 e. The van der Waals surface area contributed by atoms with Gasteiger partial charge in [0.05, 0.1) is 5.41 Å². The molecule has 0 heterocycles. The quantitative estimate of drug-likeness (QED) is 0.868. The molecule has 0 radical (unpaired) electrons. The summed E-state index contributed by atoms with van der Waals surface area (Å²) in [6, 6.07) is 10.1. The molecule has 0 aliphatic heterocycles. The number of benzene rings is 1. The fourth-order valence-electron chi connectivity index (χ4n) is 2.14. The maximum absolute atomic E-state index is 12.4. The molecule has 1 aromatic rings. The second-order valence-electron chi connectivity index (χ2n) is 6.10. The number of hydrogen-bond acceptors (Lipinski definition) is 2. The fourth-order valence-corrected chi connectivity index (χ4v) is 2.14. The average Bonchev–Trinajstić information content (AvgIpc) is 3.20. The van der Waals surface area contributed by atoms with Gasteiger partial charge in [0.25, 0.3) is 0 Å². The lowest BCUT2D eigenvalue weighted by Crippen LogP contribution is -2.37. The summed E-state index contributed by atoms with van der Waals surface area (Å²) in [5.74, 6) is -0.995. The molecule has 20 heavy (non-hydrogen) atoms. The first-order chi connectivity index (χ1) is 9.40. The maximum atomic E-state index is 12.4. The van der Waals surface area contributed by atoms with E-state index in [2.05, 4.69) is 0 Å². The predicted octanol–water partition coefficient (Wildman–Crippen LogP) is 2.68. The van der Waals surface area contributed by atoms with Crippen LogP contribution in [0.5, 0.6) is 0 Å². The minimum atomic E-state index is -1.01. The van der Waals surface area contributed by atoms with Gasteiger partial charge in [-0.3, -0.25) is 9.59 Å². The fraction of sp³-hybridized carbons (Fsp3) is 0.500. The van der Waals surface area contributed by atoms with Gasteiger partial charge in [0.1, 0.15) is 0 Å². The molecule has 1 aliphatic carbocycles. The zero-order valence-corrected chi connectivity index (χ0v) is 12.0. The Morgan fingerprint density at radius 3 is 2.35 bits per heavy atom. The van der Waals surface area contributed by atoms with Crippen molar-refractivity contribution in [2.75, 3.05) is 0 Å². The van der Waals surface area contributed by atoms with Crippen LogP contribution in [0.2, 0.25) is 0 Å². The van der Waals surface area contributed by atoms with Crippen LogP contribution < -0.4 is 0 Å². The number of aliphatic carboxylic acids is 1. The molecule has 1 N–H and O–H groups in total. The Morgan fingerprint density at radius 2 is 1.85 bits per heavy atom. The van der Waals surface area contributed by atoms with E-state index in [1.165, 1.54) is 0 Å². The molecule has 1 aliphatic rings. The Morgan fingerprint density at radius 1 is 1.25 bits per heavy atom. The molecular weight excluding hydrogens is 254 g/mol. The minimum absolute atomic E-state index is 0.0473. The zero-order valence-electron chi connectivity index (χ0n) is 12.0. The van der Waals surface area contributed by atoms with E-state index in [1.54, 1.807) is 13.8 Å². The molecular formula is C16H21NO3. The molecule has 0 atom stereocenters. The molecule has 1 aromatic carbocycles. The van der Waals surface area contributed by atoms with E-state index < -0.39 is 11.4 Å². The Bertz CT molecular complexity index is 492. The SMILES string of the molecule is CC(C)(CC(=O)N(Cc1ccccc1)C1CC1)C(=O)O. The molecule has 1 amide bonds. The third-order valence-electron chi connectivity index (χ3n) is 3.68. The van der Waals surface area contributed by atoms with Crippen LogP contribution in [0.3, 0.4) is 0 Å². The van der Waals surface area contributed by atoms with Crippen molar-refractivity contribution < 1.29 is 14.7 Å². The number of hydrogen-bond donors (Lipinski definition) is 1. The number of carbonyl (C=O) groups excluding carboxylic acids is 1. The van der Waals surface area contributed by atoms with Crippen molar-refractivity contribution in [3.05, 3.63) is 35.9 Å². The van der Waals surface area contributed by atoms with Crippen molar-refractivity contribution in [3.8, 4) is 0 Å². The smallest absolute Gasteiger partial charge is 0.309 e. The van der Waals surface area contributed by atoms with E-state index in [1.807, 2.05) is 35.2 Å². The van der Waals surface area contributed by atoms with Crippen molar-refractivity contribution in [3.63, 3.8) is 0 Å². The lowest BCUT2D eigenvalue weighted by atomic mass is 9.89. The molecule has 0 saturated heterocycles. The molecule has 0 spiro atoms. The summed E-state index contributed by atoms with van der Waals surface area (Å²) in [6.07, 6.45) is 2.09. The van der Waals surface area contributed by atoms with Crippen molar-refractivity contribution in [2.24, 2.45) is 5.41 Å². The number of nitrogens with zero attached hydrogens (tertiary/aromatic N) is 1. The average molecular weight is 275 g/mol. The van der Waals surface area contributed by atoms with Crippen LogP contribution in [0.15, 0.2) is 30.3 Å². The molecule has 0 unspecified atom stereocenters. The van der Waals surface area contributed by atoms with Crippen molar-refractivity contribution in [1.82, 2.24) is 4.90 Å². The third-order valence-corrected chi connectivity index (χ3v) is 3.68. The van der Waals surface area contributed by atoms with E-state index in [-0.39, 0.29) is 18.4 Å². The van der Waals surface area contributed by atoms with E-state index in [0.29, 0.717) is 6.54 Å². The van der Waals surface area contributed by atoms with Gasteiger partial charge in [-0.15, -0.1) is 0 Å². The predicted molar refractivity (Wildman–Crippen MR) is 76.0 cm³/mol. The van der Waals surface area contributed by atoms with Gasteiger partial charge in [-0.1, -0.05) is 30.3 Å². The highest BCUT2D eigenvalue weighted by Gasteiger charge is 2.37. The van der Waals surface area contributed by atoms with E-state index in [9.17, 15) is 9.59 Å². The number of rotatable bonds is 6. The second kappa shape index (κ2) is 5.65. The summed E-state index contributed by atoms with van der Waals surface area (Å²) in [6.45, 7) is 3.77. The van der Waals surface area contributed by atoms with Crippen molar-refractivity contribution >= 4 is 11.9 Å². The van der Waals surface area contributed by atoms with Gasteiger partial charge in [-0.2, -0.15) is 0 Å². The summed E-state index contributed by atoms with van der Waals surface area (Å²) in [7, 11) is 0. The first-order valence-corrected chi connectivity index (χ1v) is 6.97. The summed E-state index contributed by atoms with van der Waals surface area (Å²) in [5.41, 5.74) is 0.0712. The molecule has 2 rings (SSSR count). The van der Waals surface area contributed by atoms with Crippen molar-refractivity contribution in [1.29, 1.82) is 0 Å². The van der Waals surface area contributed by atoms with Crippen LogP contribution in [0.4, 0.5) is 0 Å². The summed E-state index contributed by atoms with van der Waals surface area (Å²) in [4.78, 5) is 25.4. The standard InChI is InChI=1S/C16H21NO3/c1-16(2,15(19)20)10-14(18)17(13-8-9-13)11-12-6-4-3-5-7-12/h3-7,13H,8-11H2,1-2H3,(H,19,20). The van der Waals surface area contributed by atoms with E-state index >= 15 is 0 Å². The van der Waals surface area contributed by atoms with E-state index in [0.717, 1.165) is 18.4 Å². The van der Waals surface area contributed by atoms with Gasteiger partial charge in [0, 0.05) is 19.0 Å². The van der Waals surface area contributed by atoms with Crippen molar-refractivity contribution in [2.45, 2.75) is 45.7 Å². The largest absolute Gasteiger partial charge is 0.481 e. The maximum Gasteiger partial charge on any atom is 0.309 e. The topological polar surface area (TPSA) is 57.6 Å². The summed E-state index contributed by atoms with van der Waals surface area (Å²) >= 11 is 0. The van der Waals surface area contributed by atoms with Gasteiger partial charge in [-0.05, 0) is 32.3 Å². The molecule has 0 bridgehead atoms. The second-order valence-corrected chi connectivity index (χ2v) is 6.10. The molecule has 4 nitrogen and oxygen atoms in total. The molecule has 108 valence electrons. The van der Waals surface area contributed by atoms with Gasteiger partial charge in [-0.25, -0.2) is 0 Å². The van der Waals surface area contributed by atoms with Crippen LogP contribution in [0.25, 0.3) is 0 Å². The normalized spacial score (nSPS) is 14.9. The van der Waals surface area contributed by atoms with Gasteiger partial charge in [0.15, 0.2) is 0 Å². The highest BCUT2D eigenvalue weighted by molar-refractivity contribution is 5.84. The van der Waals surface area contributed by atoms with Crippen LogP contribution in [-0.4, -0.2) is 27.9 Å². The number of amides is 1. The Labute approximate surface area is 119 Å². The number of carbonyl (C=O) groups is 2. The van der Waals surface area contributed by atoms with E-state index in [4.69, 9.17) is 5.11 Å². The summed E-state index contributed by atoms with van der Waals surface area (Å²) < 4.78 is 0. The van der Waals surface area contributed by atoms with Gasteiger partial charge in [0.2, 0.25) is 5.91 Å². The molecule has 4 heteroatoms. The first-order valence-electron chi connectivity index (χ1n) is 6.97. The molecule has 1 fully saturated rings. The van der Waals surface area contributed by atoms with Gasteiger partial charge >= 0.3 is 5.97 Å². The Hall–Kier alpha value is -1.84. The van der Waals surface area contributed by atoms with Crippen LogP contribution in [-0.2, 0) is 16.1 Å². The zero-order chi connectivity index (χ0) is 14.8. The lowest BCUT2D eigenvalue weighted by molar-refractivity contribution is -0.151. The summed E-state index contributed by atoms with van der Waals surface area (Å²) in [5, 5.41) is 9.15. The van der Waals surface area contributed by atoms with Crippen LogP contribution in [0.1, 0.15) is 38.7 Å². The molecule has 1 saturated carbocycles.